The lowest BCUT2D eigenvalue weighted by Crippen LogP contribution is -2.29. The molecule has 6 nitrogen and oxygen atoms in total. The summed E-state index contributed by atoms with van der Waals surface area (Å²) < 4.78 is 1.06. The lowest BCUT2D eigenvalue weighted by atomic mass is 10.1. The number of nitrogens with zero attached hydrogens (tertiary/aromatic N) is 3. The molecular formula is C18H18ClN5O. The van der Waals surface area contributed by atoms with Crippen molar-refractivity contribution in [2.45, 2.75) is 31.7 Å². The molecule has 1 aliphatic carbocycles. The van der Waals surface area contributed by atoms with E-state index in [9.17, 15) is 4.79 Å². The summed E-state index contributed by atoms with van der Waals surface area (Å²) in [6.07, 6.45) is 6.34. The quantitative estimate of drug-likeness (QED) is 0.705. The maximum atomic E-state index is 12.7. The van der Waals surface area contributed by atoms with Gasteiger partial charge in [0.2, 0.25) is 5.95 Å². The third-order valence-corrected chi connectivity index (χ3v) is 4.96. The summed E-state index contributed by atoms with van der Waals surface area (Å²) in [5.41, 5.74) is 1.13. The Kier molecular flexibility index (Phi) is 4.05. The van der Waals surface area contributed by atoms with Crippen LogP contribution in [0.5, 0.6) is 0 Å². The maximum absolute atomic E-state index is 12.7. The molecule has 1 fully saturated rings. The van der Waals surface area contributed by atoms with Crippen molar-refractivity contribution in [3.8, 4) is 11.1 Å². The van der Waals surface area contributed by atoms with Gasteiger partial charge in [0, 0.05) is 28.2 Å². The van der Waals surface area contributed by atoms with E-state index in [0.717, 1.165) is 17.5 Å². The van der Waals surface area contributed by atoms with Gasteiger partial charge in [-0.25, -0.2) is 9.66 Å². The third kappa shape index (κ3) is 2.93. The Morgan fingerprint density at radius 2 is 1.96 bits per heavy atom. The van der Waals surface area contributed by atoms with E-state index in [4.69, 9.17) is 17.4 Å². The van der Waals surface area contributed by atoms with Crippen molar-refractivity contribution >= 4 is 28.6 Å². The molecule has 7 heteroatoms. The van der Waals surface area contributed by atoms with Crippen LogP contribution in [0.1, 0.15) is 25.7 Å². The molecular weight excluding hydrogens is 338 g/mol. The van der Waals surface area contributed by atoms with E-state index in [1.54, 1.807) is 24.4 Å². The monoisotopic (exact) mass is 355 g/mol. The van der Waals surface area contributed by atoms with E-state index < -0.39 is 0 Å². The number of fused-ring (bicyclic) bond motifs is 1. The highest BCUT2D eigenvalue weighted by molar-refractivity contribution is 6.33. The highest BCUT2D eigenvalue weighted by atomic mass is 35.5. The van der Waals surface area contributed by atoms with Crippen molar-refractivity contribution in [1.82, 2.24) is 14.6 Å². The number of hydrogen-bond acceptors (Lipinski definition) is 5. The Hall–Kier alpha value is -2.60. The summed E-state index contributed by atoms with van der Waals surface area (Å²) in [6.45, 7) is 0. The Labute approximate surface area is 149 Å². The molecule has 0 spiro atoms. The fourth-order valence-corrected chi connectivity index (χ4v) is 3.55. The minimum atomic E-state index is -0.342. The number of anilines is 1. The lowest BCUT2D eigenvalue weighted by Gasteiger charge is -2.13. The van der Waals surface area contributed by atoms with Crippen molar-refractivity contribution in [3.05, 3.63) is 51.9 Å². The largest absolute Gasteiger partial charge is 0.351 e. The number of nitrogens with one attached hydrogen (secondary N) is 1. The smallest absolute Gasteiger partial charge is 0.278 e. The van der Waals surface area contributed by atoms with Gasteiger partial charge in [0.25, 0.3) is 5.56 Å². The molecule has 0 aliphatic heterocycles. The summed E-state index contributed by atoms with van der Waals surface area (Å²) in [7, 11) is 0. The van der Waals surface area contributed by atoms with Gasteiger partial charge in [-0.1, -0.05) is 42.6 Å². The molecule has 2 aromatic heterocycles. The molecule has 25 heavy (non-hydrogen) atoms. The second kappa shape index (κ2) is 6.37. The molecule has 1 aliphatic rings. The minimum absolute atomic E-state index is 0.342. The molecule has 128 valence electrons. The zero-order chi connectivity index (χ0) is 17.4. The fraction of sp³-hybridized carbons (Fsp3) is 0.278. The SMILES string of the molecule is Nn1c(=O)c(-c2ccccc2Cl)cc2cnc(NC3CCCC3)nc21. The van der Waals surface area contributed by atoms with Crippen LogP contribution in [-0.2, 0) is 0 Å². The zero-order valence-electron chi connectivity index (χ0n) is 13.6. The predicted octanol–water partition coefficient (Wildman–Crippen LogP) is 3.18. The van der Waals surface area contributed by atoms with Crippen LogP contribution in [0.15, 0.2) is 41.3 Å². The van der Waals surface area contributed by atoms with Gasteiger partial charge in [-0.2, -0.15) is 4.98 Å². The first kappa shape index (κ1) is 15.9. The molecule has 3 aromatic rings. The Morgan fingerprint density at radius 3 is 2.72 bits per heavy atom. The van der Waals surface area contributed by atoms with Crippen LogP contribution in [0.3, 0.4) is 0 Å². The van der Waals surface area contributed by atoms with Gasteiger partial charge in [-0.15, -0.1) is 0 Å². The van der Waals surface area contributed by atoms with Gasteiger partial charge in [-0.05, 0) is 25.0 Å². The normalized spacial score (nSPS) is 14.9. The minimum Gasteiger partial charge on any atom is -0.351 e. The summed E-state index contributed by atoms with van der Waals surface area (Å²) in [6, 6.07) is 9.31. The predicted molar refractivity (Wildman–Crippen MR) is 100 cm³/mol. The number of halogens is 1. The molecule has 0 saturated heterocycles. The van der Waals surface area contributed by atoms with Crippen molar-refractivity contribution in [1.29, 1.82) is 0 Å². The van der Waals surface area contributed by atoms with E-state index >= 15 is 0 Å². The summed E-state index contributed by atoms with van der Waals surface area (Å²) in [5.74, 6) is 6.53. The average Bonchev–Trinajstić information content (AvgIpc) is 3.12. The molecule has 1 saturated carbocycles. The Morgan fingerprint density at radius 1 is 1.20 bits per heavy atom. The summed E-state index contributed by atoms with van der Waals surface area (Å²) in [5, 5.41) is 4.51. The molecule has 0 amide bonds. The topological polar surface area (TPSA) is 85.8 Å². The Bertz CT molecular complexity index is 994. The number of pyridine rings is 1. The zero-order valence-corrected chi connectivity index (χ0v) is 14.3. The first-order chi connectivity index (χ1) is 12.1. The van der Waals surface area contributed by atoms with Crippen LogP contribution in [0.4, 0.5) is 5.95 Å². The van der Waals surface area contributed by atoms with Gasteiger partial charge in [-0.3, -0.25) is 4.79 Å². The van der Waals surface area contributed by atoms with Crippen LogP contribution >= 0.6 is 11.6 Å². The van der Waals surface area contributed by atoms with Gasteiger partial charge >= 0.3 is 0 Å². The number of aromatic nitrogens is 3. The van der Waals surface area contributed by atoms with Crippen LogP contribution in [0, 0.1) is 0 Å². The highest BCUT2D eigenvalue weighted by Crippen LogP contribution is 2.27. The molecule has 0 unspecified atom stereocenters. The van der Waals surface area contributed by atoms with Crippen molar-refractivity contribution < 1.29 is 0 Å². The van der Waals surface area contributed by atoms with E-state index in [-0.39, 0.29) is 5.56 Å². The summed E-state index contributed by atoms with van der Waals surface area (Å²) >= 11 is 6.22. The van der Waals surface area contributed by atoms with Gasteiger partial charge in [0.15, 0.2) is 5.65 Å². The second-order valence-corrected chi connectivity index (χ2v) is 6.72. The van der Waals surface area contributed by atoms with E-state index in [1.165, 1.54) is 12.8 Å². The van der Waals surface area contributed by atoms with Gasteiger partial charge in [0.05, 0.1) is 5.56 Å². The van der Waals surface area contributed by atoms with Crippen molar-refractivity contribution in [2.24, 2.45) is 0 Å². The number of nitrogen functional groups attached to an aromatic ring is 1. The second-order valence-electron chi connectivity index (χ2n) is 6.31. The van der Waals surface area contributed by atoms with E-state index in [1.807, 2.05) is 12.1 Å². The lowest BCUT2D eigenvalue weighted by molar-refractivity contribution is 0.744. The summed E-state index contributed by atoms with van der Waals surface area (Å²) in [4.78, 5) is 21.5. The van der Waals surface area contributed by atoms with Gasteiger partial charge in [0.1, 0.15) is 0 Å². The number of hydrogen-bond donors (Lipinski definition) is 2. The molecule has 3 N–H and O–H groups in total. The van der Waals surface area contributed by atoms with E-state index in [0.29, 0.717) is 39.2 Å². The molecule has 2 heterocycles. The van der Waals surface area contributed by atoms with Crippen molar-refractivity contribution in [3.63, 3.8) is 0 Å². The molecule has 0 bridgehead atoms. The Balaban J connectivity index is 1.80. The third-order valence-electron chi connectivity index (χ3n) is 4.63. The van der Waals surface area contributed by atoms with Crippen LogP contribution in [-0.4, -0.2) is 20.7 Å². The van der Waals surface area contributed by atoms with Crippen LogP contribution in [0.25, 0.3) is 22.2 Å². The first-order valence-electron chi connectivity index (χ1n) is 8.33. The van der Waals surface area contributed by atoms with E-state index in [2.05, 4.69) is 15.3 Å². The highest BCUT2D eigenvalue weighted by Gasteiger charge is 2.17. The van der Waals surface area contributed by atoms with Crippen LogP contribution in [0.2, 0.25) is 5.02 Å². The molecule has 0 radical (unpaired) electrons. The molecule has 4 rings (SSSR count). The standard InChI is InChI=1S/C18H18ClN5O/c19-15-8-4-3-7-13(15)14-9-11-10-21-18(22-12-5-1-2-6-12)23-16(11)24(20)17(14)25/h3-4,7-10,12H,1-2,5-6,20H2,(H,21,22,23). The number of benzene rings is 1. The van der Waals surface area contributed by atoms with Crippen LogP contribution < -0.4 is 16.7 Å². The number of nitrogens with two attached hydrogens (primary N) is 1. The molecule has 1 aromatic carbocycles. The first-order valence-corrected chi connectivity index (χ1v) is 8.70. The average molecular weight is 356 g/mol. The van der Waals surface area contributed by atoms with Gasteiger partial charge < -0.3 is 11.2 Å². The maximum Gasteiger partial charge on any atom is 0.278 e. The number of rotatable bonds is 3. The molecule has 0 atom stereocenters. The van der Waals surface area contributed by atoms with Crippen molar-refractivity contribution in [2.75, 3.05) is 11.2 Å². The fourth-order valence-electron chi connectivity index (χ4n) is 3.31.